The molecule has 1 rings (SSSR count). The second kappa shape index (κ2) is 5.80. The minimum absolute atomic E-state index is 0.0787. The van der Waals surface area contributed by atoms with E-state index < -0.39 is 11.6 Å². The van der Waals surface area contributed by atoms with Gasteiger partial charge in [-0.1, -0.05) is 36.7 Å². The fourth-order valence-corrected chi connectivity index (χ4v) is 2.49. The molecule has 0 heterocycles. The van der Waals surface area contributed by atoms with Gasteiger partial charge in [-0.15, -0.1) is 0 Å². The van der Waals surface area contributed by atoms with Crippen molar-refractivity contribution in [2.45, 2.75) is 20.8 Å². The first-order chi connectivity index (χ1) is 7.82. The summed E-state index contributed by atoms with van der Waals surface area (Å²) in [5, 5.41) is 0.786. The zero-order valence-electron chi connectivity index (χ0n) is 10.3. The van der Waals surface area contributed by atoms with E-state index in [1.165, 1.54) is 12.1 Å². The van der Waals surface area contributed by atoms with Gasteiger partial charge in [-0.2, -0.15) is 0 Å². The molecular formula is C13H17BrF2O. The lowest BCUT2D eigenvalue weighted by Gasteiger charge is -2.28. The van der Waals surface area contributed by atoms with Gasteiger partial charge in [0.15, 0.2) is 0 Å². The van der Waals surface area contributed by atoms with E-state index in [0.29, 0.717) is 6.61 Å². The number of rotatable bonds is 4. The van der Waals surface area contributed by atoms with Crippen LogP contribution in [0.25, 0.3) is 0 Å². The van der Waals surface area contributed by atoms with E-state index in [1.54, 1.807) is 0 Å². The zero-order chi connectivity index (χ0) is 13.1. The topological polar surface area (TPSA) is 9.23 Å². The van der Waals surface area contributed by atoms with Gasteiger partial charge >= 0.3 is 0 Å². The lowest BCUT2D eigenvalue weighted by molar-refractivity contribution is 0.165. The average Bonchev–Trinajstić information content (AvgIpc) is 2.14. The van der Waals surface area contributed by atoms with Crippen molar-refractivity contribution in [1.82, 2.24) is 0 Å². The van der Waals surface area contributed by atoms with Gasteiger partial charge in [0.05, 0.1) is 6.61 Å². The molecule has 0 N–H and O–H groups in total. The van der Waals surface area contributed by atoms with Crippen molar-refractivity contribution in [1.29, 1.82) is 0 Å². The second-order valence-corrected chi connectivity index (χ2v) is 5.78. The summed E-state index contributed by atoms with van der Waals surface area (Å²) < 4.78 is 31.3. The third-order valence-corrected chi connectivity index (χ3v) is 3.48. The van der Waals surface area contributed by atoms with Crippen LogP contribution in [0.5, 0.6) is 5.75 Å². The zero-order valence-corrected chi connectivity index (χ0v) is 11.9. The summed E-state index contributed by atoms with van der Waals surface area (Å²) in [6.07, 6.45) is 0. The molecule has 0 fully saturated rings. The number of benzene rings is 1. The first kappa shape index (κ1) is 14.4. The van der Waals surface area contributed by atoms with Crippen molar-refractivity contribution < 1.29 is 13.5 Å². The largest absolute Gasteiger partial charge is 0.493 e. The summed E-state index contributed by atoms with van der Waals surface area (Å²) in [5.74, 6) is -0.733. The minimum atomic E-state index is -0.619. The van der Waals surface area contributed by atoms with Gasteiger partial charge in [0.1, 0.15) is 17.4 Å². The molecule has 1 unspecified atom stereocenters. The van der Waals surface area contributed by atoms with Gasteiger partial charge in [0.2, 0.25) is 0 Å². The molecule has 1 aromatic carbocycles. The highest BCUT2D eigenvalue weighted by atomic mass is 79.9. The van der Waals surface area contributed by atoms with E-state index in [4.69, 9.17) is 4.74 Å². The summed E-state index contributed by atoms with van der Waals surface area (Å²) in [6, 6.07) is 3.21. The molecule has 0 saturated carbocycles. The summed E-state index contributed by atoms with van der Waals surface area (Å²) in [6.45, 7) is 6.75. The Morgan fingerprint density at radius 1 is 1.18 bits per heavy atom. The van der Waals surface area contributed by atoms with Crippen molar-refractivity contribution in [3.05, 3.63) is 29.8 Å². The molecule has 17 heavy (non-hydrogen) atoms. The van der Waals surface area contributed by atoms with Gasteiger partial charge in [0, 0.05) is 29.4 Å². The fraction of sp³-hybridized carbons (Fsp3) is 0.538. The Hall–Kier alpha value is -0.640. The summed E-state index contributed by atoms with van der Waals surface area (Å²) in [5.41, 5.74) is 0.0787. The maximum Gasteiger partial charge on any atom is 0.129 e. The molecule has 0 aromatic heterocycles. The number of ether oxygens (including phenoxy) is 1. The highest BCUT2D eigenvalue weighted by Crippen LogP contribution is 2.28. The lowest BCUT2D eigenvalue weighted by atomic mass is 9.83. The number of alkyl halides is 1. The molecule has 96 valence electrons. The second-order valence-electron chi connectivity index (χ2n) is 5.13. The Balaban J connectivity index is 2.66. The maximum absolute atomic E-state index is 12.9. The molecule has 0 radical (unpaired) electrons. The van der Waals surface area contributed by atoms with Crippen LogP contribution in [0, 0.1) is 23.0 Å². The Labute approximate surface area is 109 Å². The fourth-order valence-electron chi connectivity index (χ4n) is 1.33. The van der Waals surface area contributed by atoms with Crippen molar-refractivity contribution in [3.63, 3.8) is 0 Å². The lowest BCUT2D eigenvalue weighted by Crippen LogP contribution is -2.27. The highest BCUT2D eigenvalue weighted by Gasteiger charge is 2.24. The van der Waals surface area contributed by atoms with Crippen LogP contribution in [0.2, 0.25) is 0 Å². The van der Waals surface area contributed by atoms with Crippen LogP contribution in [-0.2, 0) is 0 Å². The smallest absolute Gasteiger partial charge is 0.129 e. The Bertz CT molecular complexity index is 354. The van der Waals surface area contributed by atoms with E-state index in [0.717, 1.165) is 11.4 Å². The van der Waals surface area contributed by atoms with Crippen LogP contribution < -0.4 is 4.74 Å². The predicted octanol–water partition coefficient (Wildman–Crippen LogP) is 4.40. The van der Waals surface area contributed by atoms with E-state index in [2.05, 4.69) is 36.7 Å². The van der Waals surface area contributed by atoms with E-state index in [1.807, 2.05) is 0 Å². The predicted molar refractivity (Wildman–Crippen MR) is 68.6 cm³/mol. The van der Waals surface area contributed by atoms with Gasteiger partial charge in [-0.25, -0.2) is 8.78 Å². The van der Waals surface area contributed by atoms with Crippen molar-refractivity contribution >= 4 is 15.9 Å². The van der Waals surface area contributed by atoms with Crippen molar-refractivity contribution in [3.8, 4) is 5.75 Å². The normalized spacial score (nSPS) is 13.5. The number of halogens is 3. The molecule has 0 aliphatic carbocycles. The SMILES string of the molecule is CC(C)(C)C(CBr)COc1cc(F)cc(F)c1. The van der Waals surface area contributed by atoms with Crippen LogP contribution in [-0.4, -0.2) is 11.9 Å². The van der Waals surface area contributed by atoms with Crippen LogP contribution in [0.15, 0.2) is 18.2 Å². The Kier molecular flexibility index (Phi) is 4.92. The monoisotopic (exact) mass is 306 g/mol. The third-order valence-electron chi connectivity index (χ3n) is 2.70. The molecule has 0 saturated heterocycles. The van der Waals surface area contributed by atoms with Crippen LogP contribution in [0.1, 0.15) is 20.8 Å². The number of hydrogen-bond acceptors (Lipinski definition) is 1. The maximum atomic E-state index is 12.9. The first-order valence-electron chi connectivity index (χ1n) is 5.48. The molecule has 0 aliphatic rings. The third kappa shape index (κ3) is 4.62. The quantitative estimate of drug-likeness (QED) is 0.749. The molecule has 0 bridgehead atoms. The Morgan fingerprint density at radius 3 is 2.12 bits per heavy atom. The molecule has 0 amide bonds. The summed E-state index contributed by atoms with van der Waals surface area (Å²) in [4.78, 5) is 0. The van der Waals surface area contributed by atoms with Gasteiger partial charge in [0.25, 0.3) is 0 Å². The first-order valence-corrected chi connectivity index (χ1v) is 6.60. The van der Waals surface area contributed by atoms with E-state index in [-0.39, 0.29) is 17.1 Å². The molecule has 4 heteroatoms. The summed E-state index contributed by atoms with van der Waals surface area (Å²) in [7, 11) is 0. The van der Waals surface area contributed by atoms with E-state index in [9.17, 15) is 8.78 Å². The summed E-state index contributed by atoms with van der Waals surface area (Å²) >= 11 is 3.43. The van der Waals surface area contributed by atoms with Gasteiger partial charge in [-0.05, 0) is 5.41 Å². The molecule has 1 atom stereocenters. The van der Waals surface area contributed by atoms with Crippen LogP contribution in [0.4, 0.5) is 8.78 Å². The molecule has 1 nitrogen and oxygen atoms in total. The number of hydrogen-bond donors (Lipinski definition) is 0. The van der Waals surface area contributed by atoms with Crippen molar-refractivity contribution in [2.75, 3.05) is 11.9 Å². The van der Waals surface area contributed by atoms with Gasteiger partial charge < -0.3 is 4.74 Å². The minimum Gasteiger partial charge on any atom is -0.493 e. The molecule has 0 spiro atoms. The van der Waals surface area contributed by atoms with E-state index >= 15 is 0 Å². The average molecular weight is 307 g/mol. The highest BCUT2D eigenvalue weighted by molar-refractivity contribution is 9.09. The Morgan fingerprint density at radius 2 is 1.71 bits per heavy atom. The molecular weight excluding hydrogens is 290 g/mol. The van der Waals surface area contributed by atoms with Gasteiger partial charge in [-0.3, -0.25) is 0 Å². The van der Waals surface area contributed by atoms with Crippen LogP contribution >= 0.6 is 15.9 Å². The standard InChI is InChI=1S/C13H17BrF2O/c1-13(2,3)9(7-14)8-17-12-5-10(15)4-11(16)6-12/h4-6,9H,7-8H2,1-3H3. The molecule has 1 aromatic rings. The van der Waals surface area contributed by atoms with Crippen LogP contribution in [0.3, 0.4) is 0 Å². The molecule has 0 aliphatic heterocycles. The van der Waals surface area contributed by atoms with Crippen molar-refractivity contribution in [2.24, 2.45) is 11.3 Å².